The predicted molar refractivity (Wildman–Crippen MR) is 103 cm³/mol. The molecule has 0 radical (unpaired) electrons. The van der Waals surface area contributed by atoms with E-state index in [2.05, 4.69) is 26.1 Å². The number of benzene rings is 1. The van der Waals surface area contributed by atoms with Gasteiger partial charge in [-0.1, -0.05) is 32.9 Å². The number of ether oxygens (including phenoxy) is 1. The molecule has 1 aromatic rings. The molecular formula is C21H28N2O5. The third-order valence-corrected chi connectivity index (χ3v) is 5.90. The van der Waals surface area contributed by atoms with Gasteiger partial charge < -0.3 is 20.1 Å². The van der Waals surface area contributed by atoms with Crippen molar-refractivity contribution < 1.29 is 24.2 Å². The van der Waals surface area contributed by atoms with E-state index in [9.17, 15) is 19.5 Å². The van der Waals surface area contributed by atoms with E-state index in [0.29, 0.717) is 31.7 Å². The van der Waals surface area contributed by atoms with Gasteiger partial charge >= 0.3 is 5.97 Å². The number of nitrogens with zero attached hydrogens (tertiary/aromatic N) is 1. The van der Waals surface area contributed by atoms with Gasteiger partial charge in [0.05, 0.1) is 18.6 Å². The number of rotatable bonds is 4. The van der Waals surface area contributed by atoms with E-state index < -0.39 is 11.4 Å². The molecule has 0 unspecified atom stereocenters. The molecule has 2 aliphatic heterocycles. The first kappa shape index (κ1) is 20.3. The molecule has 0 aliphatic carbocycles. The maximum atomic E-state index is 12.6. The van der Waals surface area contributed by atoms with Crippen molar-refractivity contribution in [1.29, 1.82) is 0 Å². The number of nitrogens with one attached hydrogen (secondary N) is 1. The first-order chi connectivity index (χ1) is 13.1. The zero-order valence-electron chi connectivity index (χ0n) is 16.7. The molecule has 0 aromatic heterocycles. The fourth-order valence-corrected chi connectivity index (χ4v) is 3.98. The summed E-state index contributed by atoms with van der Waals surface area (Å²) in [5, 5.41) is 12.3. The summed E-state index contributed by atoms with van der Waals surface area (Å²) >= 11 is 0. The van der Waals surface area contributed by atoms with Crippen LogP contribution in [0.5, 0.6) is 0 Å². The average molecular weight is 388 g/mol. The Hall–Kier alpha value is -2.41. The van der Waals surface area contributed by atoms with Crippen molar-refractivity contribution in [3.8, 4) is 0 Å². The molecule has 7 nitrogen and oxygen atoms in total. The Morgan fingerprint density at radius 1 is 1.25 bits per heavy atom. The summed E-state index contributed by atoms with van der Waals surface area (Å²) in [6.07, 6.45) is 0.406. The number of aliphatic carboxylic acids is 1. The van der Waals surface area contributed by atoms with E-state index >= 15 is 0 Å². The Morgan fingerprint density at radius 3 is 2.50 bits per heavy atom. The summed E-state index contributed by atoms with van der Waals surface area (Å²) in [7, 11) is 0. The second kappa shape index (κ2) is 7.54. The van der Waals surface area contributed by atoms with Gasteiger partial charge in [-0.25, -0.2) is 0 Å². The molecule has 7 heteroatoms. The van der Waals surface area contributed by atoms with Gasteiger partial charge in [-0.3, -0.25) is 14.4 Å². The number of amides is 2. The maximum Gasteiger partial charge on any atom is 0.311 e. The molecule has 2 N–H and O–H groups in total. The predicted octanol–water partition coefficient (Wildman–Crippen LogP) is 1.66. The Morgan fingerprint density at radius 2 is 1.93 bits per heavy atom. The van der Waals surface area contributed by atoms with Crippen molar-refractivity contribution in [2.45, 2.75) is 32.6 Å². The van der Waals surface area contributed by atoms with Crippen LogP contribution in [0.15, 0.2) is 24.3 Å². The molecule has 2 saturated heterocycles. The van der Waals surface area contributed by atoms with Crippen molar-refractivity contribution in [3.63, 3.8) is 0 Å². The fourth-order valence-electron chi connectivity index (χ4n) is 3.98. The highest BCUT2D eigenvalue weighted by Gasteiger charge is 2.54. The van der Waals surface area contributed by atoms with Crippen LogP contribution in [0.25, 0.3) is 0 Å². The molecule has 28 heavy (non-hydrogen) atoms. The summed E-state index contributed by atoms with van der Waals surface area (Å²) in [4.78, 5) is 38.3. The lowest BCUT2D eigenvalue weighted by molar-refractivity contribution is -0.157. The zero-order chi connectivity index (χ0) is 20.5. The van der Waals surface area contributed by atoms with Crippen LogP contribution in [0.4, 0.5) is 0 Å². The Kier molecular flexibility index (Phi) is 5.48. The van der Waals surface area contributed by atoms with E-state index in [1.165, 1.54) is 4.90 Å². The van der Waals surface area contributed by atoms with Gasteiger partial charge in [0.2, 0.25) is 5.91 Å². The van der Waals surface area contributed by atoms with Gasteiger partial charge in [-0.05, 0) is 29.5 Å². The summed E-state index contributed by atoms with van der Waals surface area (Å²) < 4.78 is 5.41. The number of fused-ring (bicyclic) bond motifs is 1. The largest absolute Gasteiger partial charge is 0.481 e. The minimum atomic E-state index is -0.930. The zero-order valence-corrected chi connectivity index (χ0v) is 16.7. The third kappa shape index (κ3) is 3.90. The quantitative estimate of drug-likeness (QED) is 0.818. The van der Waals surface area contributed by atoms with Crippen molar-refractivity contribution in [2.24, 2.45) is 11.3 Å². The monoisotopic (exact) mass is 388 g/mol. The molecule has 0 bridgehead atoms. The summed E-state index contributed by atoms with van der Waals surface area (Å²) in [5.41, 5.74) is 0.689. The minimum Gasteiger partial charge on any atom is -0.481 e. The van der Waals surface area contributed by atoms with Crippen molar-refractivity contribution >= 4 is 17.8 Å². The SMILES string of the molecule is CC(C)(C)c1ccc(C(=O)NCC(=O)N2C[C@H]3COCC[C@@]3(C(=O)O)C2)cc1. The number of hydrogen-bond acceptors (Lipinski definition) is 4. The van der Waals surface area contributed by atoms with Crippen LogP contribution in [0.2, 0.25) is 0 Å². The highest BCUT2D eigenvalue weighted by atomic mass is 16.5. The van der Waals surface area contributed by atoms with Gasteiger partial charge in [-0.15, -0.1) is 0 Å². The third-order valence-electron chi connectivity index (χ3n) is 5.90. The number of hydrogen-bond donors (Lipinski definition) is 2. The van der Waals surface area contributed by atoms with Gasteiger partial charge in [-0.2, -0.15) is 0 Å². The standard InChI is InChI=1S/C21H28N2O5/c1-20(2,3)15-6-4-14(5-7-15)18(25)22-10-17(24)23-11-16-12-28-9-8-21(16,13-23)19(26)27/h4-7,16H,8-13H2,1-3H3,(H,22,25)(H,26,27)/t16-,21+/m0/s1. The smallest absolute Gasteiger partial charge is 0.311 e. The number of carboxylic acids is 1. The van der Waals surface area contributed by atoms with Crippen LogP contribution in [0, 0.1) is 11.3 Å². The lowest BCUT2D eigenvalue weighted by Gasteiger charge is -2.33. The lowest BCUT2D eigenvalue weighted by atomic mass is 9.74. The van der Waals surface area contributed by atoms with Crippen LogP contribution < -0.4 is 5.32 Å². The number of carbonyl (C=O) groups excluding carboxylic acids is 2. The lowest BCUT2D eigenvalue weighted by Crippen LogP contribution is -2.45. The first-order valence-corrected chi connectivity index (χ1v) is 9.61. The molecule has 1 aromatic carbocycles. The first-order valence-electron chi connectivity index (χ1n) is 9.61. The molecule has 2 aliphatic rings. The number of likely N-dealkylation sites (tertiary alicyclic amines) is 1. The van der Waals surface area contributed by atoms with Crippen LogP contribution in [0.1, 0.15) is 43.1 Å². The van der Waals surface area contributed by atoms with Gasteiger partial charge in [0, 0.05) is 31.2 Å². The van der Waals surface area contributed by atoms with Crippen LogP contribution >= 0.6 is 0 Å². The van der Waals surface area contributed by atoms with E-state index in [1.807, 2.05) is 12.1 Å². The highest BCUT2D eigenvalue weighted by Crippen LogP contribution is 2.42. The van der Waals surface area contributed by atoms with Gasteiger partial charge in [0.15, 0.2) is 0 Å². The van der Waals surface area contributed by atoms with Crippen LogP contribution in [-0.2, 0) is 19.7 Å². The van der Waals surface area contributed by atoms with Crippen LogP contribution in [0.3, 0.4) is 0 Å². The highest BCUT2D eigenvalue weighted by molar-refractivity contribution is 5.96. The minimum absolute atomic E-state index is 0.00131. The Labute approximate surface area is 165 Å². The molecule has 2 fully saturated rings. The number of carboxylic acid groups (broad SMARTS) is 1. The molecule has 0 saturated carbocycles. The molecule has 2 heterocycles. The molecule has 152 valence electrons. The second-order valence-electron chi connectivity index (χ2n) is 8.77. The van der Waals surface area contributed by atoms with E-state index in [1.54, 1.807) is 12.1 Å². The van der Waals surface area contributed by atoms with Gasteiger partial charge in [0.25, 0.3) is 5.91 Å². The Bertz CT molecular complexity index is 768. The normalized spacial score (nSPS) is 24.5. The second-order valence-corrected chi connectivity index (χ2v) is 8.77. The summed E-state index contributed by atoms with van der Waals surface area (Å²) in [5.74, 6) is -1.67. The van der Waals surface area contributed by atoms with E-state index in [4.69, 9.17) is 4.74 Å². The summed E-state index contributed by atoms with van der Waals surface area (Å²) in [6.45, 7) is 7.42. The van der Waals surface area contributed by atoms with E-state index in [0.717, 1.165) is 5.56 Å². The van der Waals surface area contributed by atoms with Gasteiger partial charge in [0.1, 0.15) is 0 Å². The molecule has 2 atom stereocenters. The maximum absolute atomic E-state index is 12.6. The van der Waals surface area contributed by atoms with Crippen molar-refractivity contribution in [2.75, 3.05) is 32.8 Å². The van der Waals surface area contributed by atoms with E-state index in [-0.39, 0.29) is 36.2 Å². The molecule has 0 spiro atoms. The number of carbonyl (C=O) groups is 3. The Balaban J connectivity index is 1.58. The molecule has 3 rings (SSSR count). The molecular weight excluding hydrogens is 360 g/mol. The molecule has 2 amide bonds. The topological polar surface area (TPSA) is 95.9 Å². The van der Waals surface area contributed by atoms with Crippen molar-refractivity contribution in [3.05, 3.63) is 35.4 Å². The fraction of sp³-hybridized carbons (Fsp3) is 0.571. The summed E-state index contributed by atoms with van der Waals surface area (Å²) in [6, 6.07) is 7.33. The average Bonchev–Trinajstić information content (AvgIpc) is 3.06. The van der Waals surface area contributed by atoms with Crippen molar-refractivity contribution in [1.82, 2.24) is 10.2 Å². The van der Waals surface area contributed by atoms with Crippen LogP contribution in [-0.4, -0.2) is 60.6 Å².